The zero-order valence-corrected chi connectivity index (χ0v) is 6.96. The molecule has 6 nitrogen and oxygen atoms in total. The van der Waals surface area contributed by atoms with Crippen LogP contribution >= 0.6 is 0 Å². The Morgan fingerprint density at radius 1 is 1.55 bits per heavy atom. The molecule has 0 bridgehead atoms. The van der Waals surface area contributed by atoms with Gasteiger partial charge in [-0.25, -0.2) is 0 Å². The summed E-state index contributed by atoms with van der Waals surface area (Å²) < 4.78 is 28.7. The summed E-state index contributed by atoms with van der Waals surface area (Å²) in [6, 6.07) is 0. The summed E-state index contributed by atoms with van der Waals surface area (Å²) >= 11 is 0. The standard InChI is InChI=1S/C4H9NO5S/c1-4(2,5(6)7)3-11(8,9)10/h3H2,1-2H3,(H,8,9,10). The highest BCUT2D eigenvalue weighted by Gasteiger charge is 2.36. The third-order valence-corrected chi connectivity index (χ3v) is 2.10. The quantitative estimate of drug-likeness (QED) is 0.375. The molecule has 11 heavy (non-hydrogen) atoms. The Morgan fingerprint density at radius 3 is 2.00 bits per heavy atom. The molecule has 0 aliphatic carbocycles. The first-order valence-corrected chi connectivity index (χ1v) is 4.36. The van der Waals surface area contributed by atoms with Crippen molar-refractivity contribution < 1.29 is 17.9 Å². The number of rotatable bonds is 3. The molecule has 0 aliphatic heterocycles. The highest BCUT2D eigenvalue weighted by Crippen LogP contribution is 2.09. The maximum atomic E-state index is 10.2. The molecule has 0 aromatic carbocycles. The highest BCUT2D eigenvalue weighted by molar-refractivity contribution is 7.85. The average molecular weight is 183 g/mol. The monoisotopic (exact) mass is 183 g/mol. The minimum absolute atomic E-state index is 0.749. The molecule has 0 radical (unpaired) electrons. The largest absolute Gasteiger partial charge is 0.285 e. The zero-order valence-electron chi connectivity index (χ0n) is 6.14. The van der Waals surface area contributed by atoms with Crippen molar-refractivity contribution in [2.24, 2.45) is 0 Å². The second-order valence-corrected chi connectivity index (χ2v) is 4.25. The van der Waals surface area contributed by atoms with Crippen LogP contribution in [0.5, 0.6) is 0 Å². The molecule has 0 rings (SSSR count). The SMILES string of the molecule is CC(C)(CS(=O)(=O)O)[N+](=O)[O-]. The Bertz CT molecular complexity index is 254. The lowest BCUT2D eigenvalue weighted by atomic mass is 10.1. The van der Waals surface area contributed by atoms with Crippen LogP contribution in [0.2, 0.25) is 0 Å². The second kappa shape index (κ2) is 2.74. The lowest BCUT2D eigenvalue weighted by Gasteiger charge is -2.12. The lowest BCUT2D eigenvalue weighted by molar-refractivity contribution is -0.553. The molecule has 0 aliphatic rings. The molecule has 0 saturated heterocycles. The van der Waals surface area contributed by atoms with Gasteiger partial charge in [-0.2, -0.15) is 8.42 Å². The van der Waals surface area contributed by atoms with Gasteiger partial charge in [-0.05, 0) is 0 Å². The van der Waals surface area contributed by atoms with Gasteiger partial charge < -0.3 is 0 Å². The predicted molar refractivity (Wildman–Crippen MR) is 37.5 cm³/mol. The van der Waals surface area contributed by atoms with E-state index < -0.39 is 26.3 Å². The van der Waals surface area contributed by atoms with Crippen molar-refractivity contribution in [3.05, 3.63) is 10.1 Å². The molecule has 0 spiro atoms. The first-order valence-electron chi connectivity index (χ1n) is 2.75. The van der Waals surface area contributed by atoms with Crippen LogP contribution in [0.3, 0.4) is 0 Å². The van der Waals surface area contributed by atoms with Gasteiger partial charge in [0, 0.05) is 18.8 Å². The third-order valence-electron chi connectivity index (χ3n) is 1.03. The van der Waals surface area contributed by atoms with Crippen molar-refractivity contribution in [3.8, 4) is 0 Å². The average Bonchev–Trinajstić information content (AvgIpc) is 1.56. The van der Waals surface area contributed by atoms with Crippen LogP contribution in [0.4, 0.5) is 0 Å². The summed E-state index contributed by atoms with van der Waals surface area (Å²) in [4.78, 5) is 9.38. The summed E-state index contributed by atoms with van der Waals surface area (Å²) in [5.74, 6) is -0.868. The maximum Gasteiger partial charge on any atom is 0.271 e. The lowest BCUT2D eigenvalue weighted by Crippen LogP contribution is -2.38. The topological polar surface area (TPSA) is 97.5 Å². The van der Waals surface area contributed by atoms with Gasteiger partial charge in [0.25, 0.3) is 10.1 Å². The Labute approximate surface area is 64.1 Å². The van der Waals surface area contributed by atoms with Crippen molar-refractivity contribution >= 4 is 10.1 Å². The van der Waals surface area contributed by atoms with Crippen LogP contribution in [0, 0.1) is 10.1 Å². The van der Waals surface area contributed by atoms with E-state index in [1.807, 2.05) is 0 Å². The summed E-state index contributed by atoms with van der Waals surface area (Å²) in [5.41, 5.74) is -1.63. The van der Waals surface area contributed by atoms with Crippen LogP contribution in [0.1, 0.15) is 13.8 Å². The van der Waals surface area contributed by atoms with Crippen molar-refractivity contribution in [1.29, 1.82) is 0 Å². The highest BCUT2D eigenvalue weighted by atomic mass is 32.2. The van der Waals surface area contributed by atoms with Crippen LogP contribution in [-0.2, 0) is 10.1 Å². The second-order valence-electron chi connectivity index (χ2n) is 2.80. The molecule has 0 unspecified atom stereocenters. The summed E-state index contributed by atoms with van der Waals surface area (Å²) in [5, 5.41) is 10.1. The summed E-state index contributed by atoms with van der Waals surface area (Å²) in [6.07, 6.45) is 0. The first kappa shape index (κ1) is 10.3. The summed E-state index contributed by atoms with van der Waals surface area (Å²) in [6.45, 7) is 2.25. The molecule has 0 aromatic rings. The number of hydrogen-bond acceptors (Lipinski definition) is 4. The van der Waals surface area contributed by atoms with E-state index >= 15 is 0 Å². The van der Waals surface area contributed by atoms with Gasteiger partial charge >= 0.3 is 0 Å². The summed E-state index contributed by atoms with van der Waals surface area (Å²) in [7, 11) is -4.27. The Kier molecular flexibility index (Phi) is 2.57. The van der Waals surface area contributed by atoms with Gasteiger partial charge in [0.05, 0.1) is 0 Å². The van der Waals surface area contributed by atoms with Gasteiger partial charge in [-0.1, -0.05) is 0 Å². The first-order chi connectivity index (χ1) is 4.65. The van der Waals surface area contributed by atoms with Crippen molar-refractivity contribution in [2.45, 2.75) is 19.4 Å². The van der Waals surface area contributed by atoms with E-state index in [4.69, 9.17) is 4.55 Å². The Morgan fingerprint density at radius 2 is 1.91 bits per heavy atom. The minimum Gasteiger partial charge on any atom is -0.285 e. The molecule has 7 heteroatoms. The maximum absolute atomic E-state index is 10.2. The number of hydrogen-bond donors (Lipinski definition) is 1. The molecule has 1 N–H and O–H groups in total. The smallest absolute Gasteiger partial charge is 0.271 e. The van der Waals surface area contributed by atoms with Gasteiger partial charge in [0.2, 0.25) is 5.54 Å². The zero-order chi connectivity index (χ0) is 9.28. The van der Waals surface area contributed by atoms with Gasteiger partial charge in [0.1, 0.15) is 5.75 Å². The fraction of sp³-hybridized carbons (Fsp3) is 1.00. The molecule has 0 aromatic heterocycles. The van der Waals surface area contributed by atoms with Crippen LogP contribution in [0.15, 0.2) is 0 Å². The minimum atomic E-state index is -4.27. The fourth-order valence-electron chi connectivity index (χ4n) is 0.499. The third kappa shape index (κ3) is 3.89. The normalized spacial score (nSPS) is 13.0. The van der Waals surface area contributed by atoms with E-state index in [1.54, 1.807) is 0 Å². The van der Waals surface area contributed by atoms with Crippen LogP contribution < -0.4 is 0 Å². The van der Waals surface area contributed by atoms with E-state index in [0.29, 0.717) is 0 Å². The number of nitro groups is 1. The Balaban J connectivity index is 4.51. The molecule has 66 valence electrons. The molecule has 0 atom stereocenters. The van der Waals surface area contributed by atoms with Crippen molar-refractivity contribution in [2.75, 3.05) is 5.75 Å². The number of nitrogens with zero attached hydrogens (tertiary/aromatic N) is 1. The Hall–Kier alpha value is -0.690. The molecule has 0 saturated carbocycles. The van der Waals surface area contributed by atoms with Gasteiger partial charge in [-0.3, -0.25) is 14.7 Å². The molecular weight excluding hydrogens is 174 g/mol. The molecule has 0 fully saturated rings. The van der Waals surface area contributed by atoms with Gasteiger partial charge in [0.15, 0.2) is 0 Å². The van der Waals surface area contributed by atoms with E-state index in [9.17, 15) is 18.5 Å². The van der Waals surface area contributed by atoms with Crippen LogP contribution in [-0.4, -0.2) is 29.2 Å². The van der Waals surface area contributed by atoms with E-state index in [2.05, 4.69) is 0 Å². The molecular formula is C4H9NO5S. The molecule has 0 heterocycles. The van der Waals surface area contributed by atoms with Crippen molar-refractivity contribution in [3.63, 3.8) is 0 Å². The van der Waals surface area contributed by atoms with Crippen LogP contribution in [0.25, 0.3) is 0 Å². The van der Waals surface area contributed by atoms with E-state index in [1.165, 1.54) is 0 Å². The van der Waals surface area contributed by atoms with E-state index in [-0.39, 0.29) is 0 Å². The van der Waals surface area contributed by atoms with E-state index in [0.717, 1.165) is 13.8 Å². The predicted octanol–water partition coefficient (Wildman–Crippen LogP) is -0.0705. The fourth-order valence-corrected chi connectivity index (χ4v) is 1.50. The van der Waals surface area contributed by atoms with Crippen molar-refractivity contribution in [1.82, 2.24) is 0 Å². The molecule has 0 amide bonds. The van der Waals surface area contributed by atoms with Gasteiger partial charge in [-0.15, -0.1) is 0 Å².